The molecule has 14 heteroatoms. The molecule has 0 aliphatic carbocycles. The van der Waals surface area contributed by atoms with Crippen molar-refractivity contribution in [2.45, 2.75) is 45.4 Å². The van der Waals surface area contributed by atoms with Gasteiger partial charge in [0.15, 0.2) is 0 Å². The number of carbonyl (C=O) groups excluding carboxylic acids is 2. The van der Waals surface area contributed by atoms with Crippen molar-refractivity contribution in [1.29, 1.82) is 0 Å². The molecule has 0 saturated carbocycles. The van der Waals surface area contributed by atoms with Gasteiger partial charge in [-0.05, 0) is 107 Å². The minimum absolute atomic E-state index is 0.0864. The highest BCUT2D eigenvalue weighted by Crippen LogP contribution is 2.33. The average molecular weight is 767 g/mol. The molecular formula is C43H46N10O4. The Balaban J connectivity index is 0.903. The first-order valence-electron chi connectivity index (χ1n) is 19.7. The summed E-state index contributed by atoms with van der Waals surface area (Å²) in [6.45, 7) is 6.78. The number of aromatic nitrogens is 6. The van der Waals surface area contributed by atoms with E-state index >= 15 is 0 Å². The van der Waals surface area contributed by atoms with Gasteiger partial charge in [-0.15, -0.1) is 0 Å². The lowest BCUT2D eigenvalue weighted by Crippen LogP contribution is -2.34. The second-order valence-electron chi connectivity index (χ2n) is 14.7. The molecule has 2 aliphatic heterocycles. The van der Waals surface area contributed by atoms with Gasteiger partial charge in [-0.3, -0.25) is 19.6 Å². The summed E-state index contributed by atoms with van der Waals surface area (Å²) in [4.78, 5) is 54.7. The molecule has 6 heterocycles. The number of aryl methyl sites for hydroxylation is 1. The smallest absolute Gasteiger partial charge is 0.293 e. The summed E-state index contributed by atoms with van der Waals surface area (Å²) >= 11 is 0. The van der Waals surface area contributed by atoms with E-state index in [9.17, 15) is 9.59 Å². The number of rotatable bonds is 13. The summed E-state index contributed by atoms with van der Waals surface area (Å²) < 4.78 is 12.5. The fourth-order valence-corrected chi connectivity index (χ4v) is 7.49. The Bertz CT molecular complexity index is 2330. The number of carbonyl (C=O) groups is 2. The molecule has 2 amide bonds. The highest BCUT2D eigenvalue weighted by molar-refractivity contribution is 6.08. The van der Waals surface area contributed by atoms with Crippen molar-refractivity contribution in [3.05, 3.63) is 103 Å². The molecule has 2 aromatic carbocycles. The van der Waals surface area contributed by atoms with Gasteiger partial charge in [-0.2, -0.15) is 0 Å². The quantitative estimate of drug-likeness (QED) is 0.115. The minimum Gasteiger partial charge on any atom is -0.493 e. The van der Waals surface area contributed by atoms with E-state index in [1.54, 1.807) is 30.9 Å². The summed E-state index contributed by atoms with van der Waals surface area (Å²) in [6, 6.07) is 17.2. The van der Waals surface area contributed by atoms with E-state index in [0.717, 1.165) is 87.0 Å². The van der Waals surface area contributed by atoms with Crippen LogP contribution >= 0.6 is 0 Å². The summed E-state index contributed by atoms with van der Waals surface area (Å²) in [6.07, 6.45) is 14.0. The molecule has 14 nitrogen and oxygen atoms in total. The van der Waals surface area contributed by atoms with Crippen LogP contribution in [-0.4, -0.2) is 81.1 Å². The zero-order chi connectivity index (χ0) is 39.0. The van der Waals surface area contributed by atoms with Gasteiger partial charge in [0, 0.05) is 60.8 Å². The van der Waals surface area contributed by atoms with Gasteiger partial charge >= 0.3 is 0 Å². The molecule has 57 heavy (non-hydrogen) atoms. The lowest BCUT2D eigenvalue weighted by molar-refractivity contribution is 0.101. The second kappa shape index (κ2) is 17.7. The maximum Gasteiger partial charge on any atom is 0.293 e. The van der Waals surface area contributed by atoms with Crippen LogP contribution < -0.4 is 30.3 Å². The van der Waals surface area contributed by atoms with Crippen molar-refractivity contribution in [3.63, 3.8) is 0 Å². The molecule has 2 saturated heterocycles. The zero-order valence-electron chi connectivity index (χ0n) is 32.0. The van der Waals surface area contributed by atoms with Crippen molar-refractivity contribution in [2.75, 3.05) is 54.9 Å². The largest absolute Gasteiger partial charge is 0.493 e. The molecule has 8 rings (SSSR count). The van der Waals surface area contributed by atoms with Crippen molar-refractivity contribution in [2.24, 2.45) is 11.8 Å². The molecule has 0 radical (unpaired) electrons. The van der Waals surface area contributed by atoms with E-state index in [4.69, 9.17) is 14.5 Å². The van der Waals surface area contributed by atoms with Crippen LogP contribution in [0.15, 0.2) is 85.6 Å². The second-order valence-corrected chi connectivity index (χ2v) is 14.7. The average Bonchev–Trinajstić information content (AvgIpc) is 3.25. The number of amides is 2. The van der Waals surface area contributed by atoms with Crippen LogP contribution in [-0.2, 0) is 0 Å². The third kappa shape index (κ3) is 9.41. The van der Waals surface area contributed by atoms with Crippen molar-refractivity contribution in [1.82, 2.24) is 35.2 Å². The van der Waals surface area contributed by atoms with Crippen molar-refractivity contribution >= 4 is 50.8 Å². The van der Waals surface area contributed by atoms with Gasteiger partial charge in [0.1, 0.15) is 23.0 Å². The number of hydrogen-bond acceptors (Lipinski definition) is 12. The van der Waals surface area contributed by atoms with Crippen molar-refractivity contribution in [3.8, 4) is 11.5 Å². The van der Waals surface area contributed by atoms with Crippen LogP contribution in [0.5, 0.6) is 11.5 Å². The van der Waals surface area contributed by atoms with E-state index in [-0.39, 0.29) is 17.4 Å². The number of hydrogen-bond donors (Lipinski definition) is 3. The minimum atomic E-state index is -0.405. The molecule has 3 N–H and O–H groups in total. The SMILES string of the molecule is Cc1cnc(C(=O)Nc2cc(OCCC3CCN(c4ccc5cc(OCCC6CCNCC6)cc(NC(=O)c6ncccn6)c5n4)CC3)cc3cccnc23)cn1. The summed E-state index contributed by atoms with van der Waals surface area (Å²) in [7, 11) is 0. The van der Waals surface area contributed by atoms with Gasteiger partial charge < -0.3 is 30.3 Å². The maximum atomic E-state index is 13.2. The first-order chi connectivity index (χ1) is 27.9. The number of anilines is 3. The molecule has 292 valence electrons. The number of nitrogens with zero attached hydrogens (tertiary/aromatic N) is 7. The molecule has 6 aromatic rings. The van der Waals surface area contributed by atoms with E-state index in [0.29, 0.717) is 59.0 Å². The number of ether oxygens (including phenoxy) is 2. The molecule has 2 fully saturated rings. The fraction of sp³-hybridized carbons (Fsp3) is 0.349. The van der Waals surface area contributed by atoms with Gasteiger partial charge in [-0.1, -0.05) is 6.07 Å². The predicted molar refractivity (Wildman–Crippen MR) is 219 cm³/mol. The van der Waals surface area contributed by atoms with Gasteiger partial charge in [0.25, 0.3) is 11.8 Å². The van der Waals surface area contributed by atoms with Gasteiger partial charge in [0.2, 0.25) is 5.82 Å². The Morgan fingerprint density at radius 3 is 2.07 bits per heavy atom. The molecule has 0 unspecified atom stereocenters. The normalized spacial score (nSPS) is 15.1. The first kappa shape index (κ1) is 37.6. The van der Waals surface area contributed by atoms with Crippen LogP contribution in [0.1, 0.15) is 65.3 Å². The Morgan fingerprint density at radius 1 is 0.719 bits per heavy atom. The third-order valence-corrected chi connectivity index (χ3v) is 10.7. The van der Waals surface area contributed by atoms with Gasteiger partial charge in [-0.25, -0.2) is 19.9 Å². The third-order valence-electron chi connectivity index (χ3n) is 10.7. The lowest BCUT2D eigenvalue weighted by Gasteiger charge is -2.33. The van der Waals surface area contributed by atoms with Crippen molar-refractivity contribution < 1.29 is 19.1 Å². The highest BCUT2D eigenvalue weighted by Gasteiger charge is 2.22. The van der Waals surface area contributed by atoms with Crippen LogP contribution in [0.25, 0.3) is 21.8 Å². The standard InChI is InChI=1S/C43H46N10O4/c1-28-26-49-37(27-48-28)42(54)50-35-24-33(22-31-4-2-13-45-39(31)35)57-21-12-30-9-18-53(19-10-30)38-6-5-32-23-34(56-20-11-29-7-16-44-17-8-29)25-36(40(32)52-38)51-43(55)41-46-14-3-15-47-41/h2-6,13-15,22-27,29-30,44H,7-12,16-21H2,1H3,(H,50,54)(H,51,55). The summed E-state index contributed by atoms with van der Waals surface area (Å²) in [5.41, 5.74) is 3.43. The molecule has 0 atom stereocenters. The molecule has 0 spiro atoms. The Hall–Kier alpha value is -6.28. The van der Waals surface area contributed by atoms with Crippen LogP contribution in [0.4, 0.5) is 17.2 Å². The molecular weight excluding hydrogens is 721 g/mol. The van der Waals surface area contributed by atoms with E-state index in [2.05, 4.69) is 51.8 Å². The lowest BCUT2D eigenvalue weighted by atomic mass is 9.94. The van der Waals surface area contributed by atoms with Crippen LogP contribution in [0.2, 0.25) is 0 Å². The summed E-state index contributed by atoms with van der Waals surface area (Å²) in [5.74, 6) is 2.67. The first-order valence-corrected chi connectivity index (χ1v) is 19.7. The molecule has 2 aliphatic rings. The number of piperidine rings is 2. The number of benzene rings is 2. The van der Waals surface area contributed by atoms with E-state index < -0.39 is 5.91 Å². The molecule has 4 aromatic heterocycles. The highest BCUT2D eigenvalue weighted by atomic mass is 16.5. The maximum absolute atomic E-state index is 13.2. The van der Waals surface area contributed by atoms with Crippen LogP contribution in [0, 0.1) is 18.8 Å². The topological polar surface area (TPSA) is 169 Å². The number of fused-ring (bicyclic) bond motifs is 2. The van der Waals surface area contributed by atoms with E-state index in [1.165, 1.54) is 6.20 Å². The zero-order valence-corrected chi connectivity index (χ0v) is 32.0. The van der Waals surface area contributed by atoms with Gasteiger partial charge in [0.05, 0.1) is 47.5 Å². The van der Waals surface area contributed by atoms with E-state index in [1.807, 2.05) is 49.4 Å². The monoisotopic (exact) mass is 766 g/mol. The number of pyridine rings is 2. The molecule has 0 bridgehead atoms. The predicted octanol–water partition coefficient (Wildman–Crippen LogP) is 6.63. The fourth-order valence-electron chi connectivity index (χ4n) is 7.49. The number of nitrogens with one attached hydrogen (secondary N) is 3. The Kier molecular flexibility index (Phi) is 11.7. The Labute approximate surface area is 330 Å². The summed E-state index contributed by atoms with van der Waals surface area (Å²) in [5, 5.41) is 11.1. The Morgan fingerprint density at radius 2 is 1.37 bits per heavy atom. The van der Waals surface area contributed by atoms with Crippen LogP contribution in [0.3, 0.4) is 0 Å².